The van der Waals surface area contributed by atoms with Crippen molar-refractivity contribution in [2.75, 3.05) is 38.2 Å². The van der Waals surface area contributed by atoms with Crippen molar-refractivity contribution in [1.29, 1.82) is 0 Å². The summed E-state index contributed by atoms with van der Waals surface area (Å²) in [5.74, 6) is 0.0196. The quantitative estimate of drug-likeness (QED) is 0.197. The van der Waals surface area contributed by atoms with Gasteiger partial charge in [-0.1, -0.05) is 12.1 Å². The van der Waals surface area contributed by atoms with Crippen LogP contribution in [0.25, 0.3) is 32.6 Å². The van der Waals surface area contributed by atoms with Gasteiger partial charge in [-0.05, 0) is 92.4 Å². The maximum atomic E-state index is 14.7. The van der Waals surface area contributed by atoms with Crippen molar-refractivity contribution < 1.29 is 35.9 Å². The molecule has 0 saturated carbocycles. The Balaban J connectivity index is 1.45. The molecule has 2 aromatic carbocycles. The van der Waals surface area contributed by atoms with Crippen molar-refractivity contribution in [3.05, 3.63) is 74.9 Å². The van der Waals surface area contributed by atoms with Gasteiger partial charge in [0.1, 0.15) is 16.9 Å². The number of aromatic nitrogens is 3. The first-order valence-electron chi connectivity index (χ1n) is 16.4. The number of thiophene rings is 1. The van der Waals surface area contributed by atoms with Gasteiger partial charge in [0, 0.05) is 26.2 Å². The van der Waals surface area contributed by atoms with Crippen LogP contribution in [0, 0.1) is 0 Å². The van der Waals surface area contributed by atoms with Gasteiger partial charge in [-0.15, -0.1) is 11.3 Å². The predicted octanol–water partition coefficient (Wildman–Crippen LogP) is 6.38. The molecule has 270 valence electrons. The first-order valence-corrected chi connectivity index (χ1v) is 18.8. The maximum absolute atomic E-state index is 14.7. The minimum atomic E-state index is -6.09. The van der Waals surface area contributed by atoms with Gasteiger partial charge in [0.15, 0.2) is 5.82 Å². The number of alkyl halides is 3. The third-order valence-corrected chi connectivity index (χ3v) is 11.5. The third-order valence-electron chi connectivity index (χ3n) is 9.16. The molecule has 11 nitrogen and oxygen atoms in total. The first-order chi connectivity index (χ1) is 24.1. The standard InChI is InChI=1S/C35H36F3N5O6S2/c1-34(2,3)49-33(45)41-15-10-22-18-25-27(19-23(22)11-16-41)43(51(46,47)35(36,37)38)31(39-25)28-29(40-13-5-14-40)30-26(12-17-50-30)42(32(28)44)20-21-6-8-24(48-4)9-7-21/h6-9,12,17-19H,5,10-11,13-16,20H2,1-4H3. The predicted molar refractivity (Wildman–Crippen MR) is 189 cm³/mol. The molecular weight excluding hydrogens is 708 g/mol. The van der Waals surface area contributed by atoms with E-state index in [4.69, 9.17) is 9.47 Å². The van der Waals surface area contributed by atoms with Gasteiger partial charge in [-0.3, -0.25) is 4.79 Å². The molecule has 1 fully saturated rings. The monoisotopic (exact) mass is 743 g/mol. The van der Waals surface area contributed by atoms with Gasteiger partial charge in [0.2, 0.25) is 0 Å². The molecule has 0 unspecified atom stereocenters. The molecule has 7 rings (SSSR count). The van der Waals surface area contributed by atoms with E-state index in [0.717, 1.165) is 12.0 Å². The van der Waals surface area contributed by atoms with E-state index in [1.54, 1.807) is 62.5 Å². The Hall–Kier alpha value is -4.57. The molecule has 16 heteroatoms. The van der Waals surface area contributed by atoms with Crippen LogP contribution in [-0.4, -0.2) is 77.3 Å². The summed E-state index contributed by atoms with van der Waals surface area (Å²) >= 11 is 1.32. The summed E-state index contributed by atoms with van der Waals surface area (Å²) in [6.07, 6.45) is 0.864. The Morgan fingerprint density at radius 2 is 1.63 bits per heavy atom. The highest BCUT2D eigenvalue weighted by Crippen LogP contribution is 2.43. The molecule has 0 spiro atoms. The lowest BCUT2D eigenvalue weighted by molar-refractivity contribution is -0.0445. The number of carbonyl (C=O) groups excluding carboxylic acids is 1. The summed E-state index contributed by atoms with van der Waals surface area (Å²) in [7, 11) is -4.56. The number of methoxy groups -OCH3 is 1. The second kappa shape index (κ2) is 12.6. The molecule has 1 amide bonds. The van der Waals surface area contributed by atoms with Gasteiger partial charge < -0.3 is 23.8 Å². The lowest BCUT2D eigenvalue weighted by Gasteiger charge is -2.35. The van der Waals surface area contributed by atoms with Crippen LogP contribution in [0.1, 0.15) is 43.9 Å². The molecule has 2 aliphatic rings. The molecule has 0 atom stereocenters. The van der Waals surface area contributed by atoms with Crippen molar-refractivity contribution in [2.24, 2.45) is 0 Å². The average Bonchev–Trinajstić information content (AvgIpc) is 3.60. The average molecular weight is 744 g/mol. The molecule has 0 bridgehead atoms. The second-order valence-corrected chi connectivity index (χ2v) is 16.4. The summed E-state index contributed by atoms with van der Waals surface area (Å²) in [5, 5.41) is 1.80. The minimum Gasteiger partial charge on any atom is -0.497 e. The number of halogens is 3. The van der Waals surface area contributed by atoms with Crippen molar-refractivity contribution in [2.45, 2.75) is 57.7 Å². The van der Waals surface area contributed by atoms with Crippen molar-refractivity contribution in [3.63, 3.8) is 0 Å². The lowest BCUT2D eigenvalue weighted by atomic mass is 10.0. The van der Waals surface area contributed by atoms with E-state index in [0.29, 0.717) is 52.3 Å². The van der Waals surface area contributed by atoms with Crippen molar-refractivity contribution in [1.82, 2.24) is 18.4 Å². The number of ether oxygens (including phenoxy) is 2. The zero-order valence-corrected chi connectivity index (χ0v) is 30.0. The second-order valence-electron chi connectivity index (χ2n) is 13.7. The van der Waals surface area contributed by atoms with Crippen LogP contribution >= 0.6 is 11.3 Å². The van der Waals surface area contributed by atoms with Gasteiger partial charge in [-0.2, -0.15) is 21.6 Å². The normalized spacial score (nSPS) is 15.5. The van der Waals surface area contributed by atoms with Crippen LogP contribution in [0.15, 0.2) is 52.6 Å². The smallest absolute Gasteiger partial charge is 0.497 e. The lowest BCUT2D eigenvalue weighted by Crippen LogP contribution is -2.39. The van der Waals surface area contributed by atoms with E-state index in [9.17, 15) is 31.2 Å². The molecule has 5 aromatic rings. The van der Waals surface area contributed by atoms with E-state index in [1.807, 2.05) is 4.90 Å². The number of nitrogens with zero attached hydrogens (tertiary/aromatic N) is 5. The number of carbonyl (C=O) groups is 1. The fourth-order valence-corrected chi connectivity index (χ4v) is 8.50. The maximum Gasteiger partial charge on any atom is 0.517 e. The molecule has 0 aliphatic carbocycles. The summed E-state index contributed by atoms with van der Waals surface area (Å²) in [5.41, 5.74) is -4.65. The highest BCUT2D eigenvalue weighted by molar-refractivity contribution is 7.91. The van der Waals surface area contributed by atoms with Gasteiger partial charge >= 0.3 is 21.6 Å². The van der Waals surface area contributed by atoms with Crippen LogP contribution < -0.4 is 15.2 Å². The molecule has 1 saturated heterocycles. The van der Waals surface area contributed by atoms with E-state index >= 15 is 0 Å². The molecule has 0 N–H and O–H groups in total. The fraction of sp³-hybridized carbons (Fsp3) is 0.400. The van der Waals surface area contributed by atoms with E-state index < -0.39 is 38.6 Å². The van der Waals surface area contributed by atoms with E-state index in [-0.39, 0.29) is 46.6 Å². The SMILES string of the molecule is COc1ccc(Cn2c(=O)c(-c3nc4cc5c(cc4n3S(=O)(=O)C(F)(F)F)CCN(C(=O)OC(C)(C)C)CC5)c(N3CCC3)c3sccc32)cc1. The largest absolute Gasteiger partial charge is 0.517 e. The van der Waals surface area contributed by atoms with E-state index in [1.165, 1.54) is 34.0 Å². The molecule has 51 heavy (non-hydrogen) atoms. The van der Waals surface area contributed by atoms with Gasteiger partial charge in [0.25, 0.3) is 5.56 Å². The molecule has 2 aliphatic heterocycles. The Morgan fingerprint density at radius 1 is 0.961 bits per heavy atom. The van der Waals surface area contributed by atoms with Gasteiger partial charge in [-0.25, -0.2) is 13.8 Å². The van der Waals surface area contributed by atoms with Crippen LogP contribution in [0.3, 0.4) is 0 Å². The zero-order valence-electron chi connectivity index (χ0n) is 28.4. The number of pyridine rings is 1. The number of benzene rings is 2. The first kappa shape index (κ1) is 34.9. The highest BCUT2D eigenvalue weighted by atomic mass is 32.2. The van der Waals surface area contributed by atoms with Gasteiger partial charge in [0.05, 0.1) is 40.6 Å². The Morgan fingerprint density at radius 3 is 2.22 bits per heavy atom. The fourth-order valence-electron chi connectivity index (χ4n) is 6.56. The number of anilines is 1. The van der Waals surface area contributed by atoms with Crippen LogP contribution in [0.5, 0.6) is 5.75 Å². The highest BCUT2D eigenvalue weighted by Gasteiger charge is 2.50. The van der Waals surface area contributed by atoms with Crippen LogP contribution in [0.2, 0.25) is 0 Å². The summed E-state index contributed by atoms with van der Waals surface area (Å²) in [6, 6.07) is 11.8. The Bertz CT molecular complexity index is 2340. The van der Waals surface area contributed by atoms with E-state index in [2.05, 4.69) is 4.98 Å². The topological polar surface area (TPSA) is 116 Å². The number of imidazole rings is 1. The zero-order chi connectivity index (χ0) is 36.5. The molecule has 0 radical (unpaired) electrons. The van der Waals surface area contributed by atoms with Crippen molar-refractivity contribution in [3.8, 4) is 17.1 Å². The summed E-state index contributed by atoms with van der Waals surface area (Å²) < 4.78 is 83.9. The number of amides is 1. The van der Waals surface area contributed by atoms with Crippen molar-refractivity contribution >= 4 is 54.4 Å². The summed E-state index contributed by atoms with van der Waals surface area (Å²) in [6.45, 7) is 6.90. The Kier molecular flexibility index (Phi) is 8.60. The minimum absolute atomic E-state index is 0.00997. The van der Waals surface area contributed by atoms with Crippen LogP contribution in [-0.2, 0) is 34.1 Å². The number of rotatable bonds is 6. The number of hydrogen-bond donors (Lipinski definition) is 0. The number of fused-ring (bicyclic) bond motifs is 3. The Labute approximate surface area is 295 Å². The van der Waals surface area contributed by atoms with Crippen LogP contribution in [0.4, 0.5) is 23.7 Å². The molecule has 5 heterocycles. The summed E-state index contributed by atoms with van der Waals surface area (Å²) in [4.78, 5) is 35.5. The molecular formula is C35H36F3N5O6S2. The number of hydrogen-bond acceptors (Lipinski definition) is 9. The molecule has 3 aromatic heterocycles. The third kappa shape index (κ3) is 6.21.